The fourth-order valence-corrected chi connectivity index (χ4v) is 8.75. The number of hydrogen-bond donors (Lipinski definition) is 4. The smallest absolute Gasteiger partial charge is 0.337 e. The molecule has 0 unspecified atom stereocenters. The van der Waals surface area contributed by atoms with Crippen LogP contribution in [0.5, 0.6) is 0 Å². The highest BCUT2D eigenvalue weighted by Gasteiger charge is 2.46. The monoisotopic (exact) mass is 738 g/mol. The number of rotatable bonds is 23. The van der Waals surface area contributed by atoms with Crippen molar-refractivity contribution in [2.24, 2.45) is 32.2 Å². The van der Waals surface area contributed by atoms with Gasteiger partial charge in [-0.3, -0.25) is 4.99 Å². The summed E-state index contributed by atoms with van der Waals surface area (Å²) in [6.07, 6.45) is 22.1. The number of guanidine groups is 3. The maximum absolute atomic E-state index is 13.3. The summed E-state index contributed by atoms with van der Waals surface area (Å²) >= 11 is 0. The number of carbonyl (C=O) groups excluding carboxylic acids is 2. The number of carbonyl (C=O) groups is 2. The van der Waals surface area contributed by atoms with Gasteiger partial charge in [-0.2, -0.15) is 0 Å². The van der Waals surface area contributed by atoms with Gasteiger partial charge in [0.1, 0.15) is 0 Å². The van der Waals surface area contributed by atoms with Crippen molar-refractivity contribution in [3.8, 4) is 0 Å². The lowest BCUT2D eigenvalue weighted by Gasteiger charge is -2.42. The highest BCUT2D eigenvalue weighted by molar-refractivity contribution is 5.97. The zero-order valence-corrected chi connectivity index (χ0v) is 32.6. The third-order valence-corrected chi connectivity index (χ3v) is 11.5. The van der Waals surface area contributed by atoms with Crippen LogP contribution in [0.15, 0.2) is 37.5 Å². The van der Waals surface area contributed by atoms with E-state index in [-0.39, 0.29) is 30.0 Å². The molecule has 5 aliphatic heterocycles. The molecular formula is C40H67N9O4. The molecule has 2 saturated heterocycles. The van der Waals surface area contributed by atoms with Crippen molar-refractivity contribution in [2.45, 2.75) is 173 Å². The first kappa shape index (κ1) is 40.4. The Bertz CT molecular complexity index is 1400. The fraction of sp³-hybridized carbons (Fsp3) is 0.775. The van der Waals surface area contributed by atoms with Gasteiger partial charge in [-0.15, -0.1) is 0 Å². The van der Waals surface area contributed by atoms with Gasteiger partial charge < -0.3 is 41.8 Å². The van der Waals surface area contributed by atoms with Crippen LogP contribution in [0.3, 0.4) is 0 Å². The standard InChI is InChI=1S/C40H67N9O4/c1-3-4-5-9-12-18-29-27-30-21-22-33-34(28(2)45-40(46-29)49(30)33)36(50)52-25-15-11-8-6-7-10-13-19-31-35(32-20-17-24-48(32)39(43)47-31)37(51)53-26-16-14-23-44-38(41)42/h29-31,33H,3-27H2,1-2H3,(H2,43,47)(H,45,46)(H4,41,42,44)/t29-,30+,31-,33-/m0/s1. The Hall–Kier alpha value is -3.77. The molecule has 13 heteroatoms. The van der Waals surface area contributed by atoms with Crippen LogP contribution in [0.25, 0.3) is 0 Å². The molecule has 53 heavy (non-hydrogen) atoms. The number of esters is 2. The van der Waals surface area contributed by atoms with Crippen molar-refractivity contribution >= 4 is 29.8 Å². The van der Waals surface area contributed by atoms with Crippen molar-refractivity contribution in [2.75, 3.05) is 26.3 Å². The SMILES string of the molecule is CCCCCCC[C@H]1C[C@H]2CC[C@H]3C(C(=O)OCCCCCCCCC[C@@H]4N=C(N)N5CCCC5=C4C(=O)OCCCCN=C(N)N)=C(C)NC(=N1)N23. The van der Waals surface area contributed by atoms with Crippen LogP contribution in [-0.4, -0.2) is 90.1 Å². The van der Waals surface area contributed by atoms with Gasteiger partial charge in [0.15, 0.2) is 17.9 Å². The van der Waals surface area contributed by atoms with E-state index in [1.807, 2.05) is 11.8 Å². The molecule has 0 radical (unpaired) electrons. The first-order chi connectivity index (χ1) is 25.8. The van der Waals surface area contributed by atoms with Gasteiger partial charge >= 0.3 is 11.9 Å². The summed E-state index contributed by atoms with van der Waals surface area (Å²) in [6.45, 7) is 6.34. The summed E-state index contributed by atoms with van der Waals surface area (Å²) in [4.78, 5) is 44.7. The number of allylic oxidation sites excluding steroid dienone is 2. The van der Waals surface area contributed by atoms with Gasteiger partial charge in [0.2, 0.25) is 0 Å². The van der Waals surface area contributed by atoms with Crippen molar-refractivity contribution in [3.05, 3.63) is 22.5 Å². The van der Waals surface area contributed by atoms with Gasteiger partial charge in [-0.05, 0) is 71.1 Å². The first-order valence-corrected chi connectivity index (χ1v) is 20.9. The van der Waals surface area contributed by atoms with Crippen molar-refractivity contribution in [1.29, 1.82) is 0 Å². The van der Waals surface area contributed by atoms with Crippen LogP contribution < -0.4 is 22.5 Å². The van der Waals surface area contributed by atoms with Crippen molar-refractivity contribution in [1.82, 2.24) is 15.1 Å². The van der Waals surface area contributed by atoms with E-state index in [1.54, 1.807) is 0 Å². The van der Waals surface area contributed by atoms with Crippen LogP contribution in [0.1, 0.15) is 149 Å². The van der Waals surface area contributed by atoms with E-state index in [0.29, 0.717) is 49.8 Å². The summed E-state index contributed by atoms with van der Waals surface area (Å²) < 4.78 is 11.5. The summed E-state index contributed by atoms with van der Waals surface area (Å²) in [6, 6.07) is 0.669. The maximum Gasteiger partial charge on any atom is 0.337 e. The molecule has 0 aromatic carbocycles. The highest BCUT2D eigenvalue weighted by atomic mass is 16.5. The van der Waals surface area contributed by atoms with E-state index in [9.17, 15) is 9.59 Å². The normalized spacial score (nSPS) is 23.3. The zero-order valence-electron chi connectivity index (χ0n) is 32.6. The van der Waals surface area contributed by atoms with Crippen molar-refractivity contribution in [3.63, 3.8) is 0 Å². The van der Waals surface area contributed by atoms with Crippen LogP contribution in [0, 0.1) is 0 Å². The number of nitrogens with two attached hydrogens (primary N) is 3. The highest BCUT2D eigenvalue weighted by Crippen LogP contribution is 2.39. The van der Waals surface area contributed by atoms with Crippen molar-refractivity contribution < 1.29 is 19.1 Å². The predicted octanol–water partition coefficient (Wildman–Crippen LogP) is 5.49. The number of ether oxygens (including phenoxy) is 2. The molecule has 7 N–H and O–H groups in total. The van der Waals surface area contributed by atoms with Gasteiger partial charge in [0.05, 0.1) is 42.5 Å². The van der Waals surface area contributed by atoms with E-state index in [1.165, 1.54) is 32.1 Å². The summed E-state index contributed by atoms with van der Waals surface area (Å²) in [5.41, 5.74) is 20.4. The molecule has 296 valence electrons. The van der Waals surface area contributed by atoms with Gasteiger partial charge in [0, 0.05) is 30.5 Å². The van der Waals surface area contributed by atoms with Crippen LogP contribution in [0.2, 0.25) is 0 Å². The van der Waals surface area contributed by atoms with Gasteiger partial charge in [-0.1, -0.05) is 77.6 Å². The Morgan fingerprint density at radius 3 is 2.25 bits per heavy atom. The molecule has 0 spiro atoms. The number of hydrogen-bond acceptors (Lipinski definition) is 11. The number of aliphatic imine (C=N–C) groups is 3. The molecule has 2 fully saturated rings. The molecular weight excluding hydrogens is 670 g/mol. The molecule has 5 rings (SSSR count). The Labute approximate surface area is 317 Å². The molecule has 5 heterocycles. The summed E-state index contributed by atoms with van der Waals surface area (Å²) in [5, 5.41) is 3.49. The van der Waals surface area contributed by atoms with E-state index in [0.717, 1.165) is 126 Å². The van der Waals surface area contributed by atoms with Gasteiger partial charge in [-0.25, -0.2) is 19.6 Å². The Morgan fingerprint density at radius 1 is 0.849 bits per heavy atom. The quantitative estimate of drug-likeness (QED) is 0.0452. The first-order valence-electron chi connectivity index (χ1n) is 20.9. The average molecular weight is 738 g/mol. The minimum atomic E-state index is -0.281. The number of nitrogens with one attached hydrogen (secondary N) is 1. The maximum atomic E-state index is 13.3. The van der Waals surface area contributed by atoms with E-state index in [4.69, 9.17) is 36.7 Å². The second kappa shape index (κ2) is 20.6. The lowest BCUT2D eigenvalue weighted by atomic mass is 9.96. The Balaban J connectivity index is 0.967. The second-order valence-corrected chi connectivity index (χ2v) is 15.5. The van der Waals surface area contributed by atoms with E-state index < -0.39 is 0 Å². The molecule has 0 aromatic heterocycles. The molecule has 0 aliphatic carbocycles. The molecule has 13 nitrogen and oxygen atoms in total. The Kier molecular flexibility index (Phi) is 15.7. The van der Waals surface area contributed by atoms with E-state index in [2.05, 4.69) is 22.1 Å². The van der Waals surface area contributed by atoms with Gasteiger partial charge in [0.25, 0.3) is 0 Å². The summed E-state index contributed by atoms with van der Waals surface area (Å²) in [5.74, 6) is 1.10. The predicted molar refractivity (Wildman–Crippen MR) is 211 cm³/mol. The lowest BCUT2D eigenvalue weighted by molar-refractivity contribution is -0.140. The van der Waals surface area contributed by atoms with Crippen LogP contribution in [-0.2, 0) is 19.1 Å². The number of unbranched alkanes of at least 4 members (excludes halogenated alkanes) is 11. The van der Waals surface area contributed by atoms with Crippen LogP contribution in [0.4, 0.5) is 0 Å². The number of fused-ring (bicyclic) bond motifs is 1. The molecule has 5 aliphatic rings. The minimum absolute atomic E-state index is 0.0734. The van der Waals surface area contributed by atoms with Crippen LogP contribution >= 0.6 is 0 Å². The third kappa shape index (κ3) is 11.1. The average Bonchev–Trinajstić information content (AvgIpc) is 3.79. The third-order valence-electron chi connectivity index (χ3n) is 11.5. The zero-order chi connectivity index (χ0) is 37.6. The Morgan fingerprint density at radius 2 is 1.51 bits per heavy atom. The second-order valence-electron chi connectivity index (χ2n) is 15.5. The lowest BCUT2D eigenvalue weighted by Crippen LogP contribution is -2.56. The van der Waals surface area contributed by atoms with E-state index >= 15 is 0 Å². The topological polar surface area (TPSA) is 186 Å². The largest absolute Gasteiger partial charge is 0.462 e. The minimum Gasteiger partial charge on any atom is -0.462 e. The molecule has 0 aromatic rings. The number of nitrogens with zero attached hydrogens (tertiary/aromatic N) is 5. The summed E-state index contributed by atoms with van der Waals surface area (Å²) in [7, 11) is 0. The molecule has 0 saturated carbocycles. The molecule has 4 atom stereocenters. The fourth-order valence-electron chi connectivity index (χ4n) is 8.75. The molecule has 0 amide bonds. The molecule has 0 bridgehead atoms.